The molecule has 1 rings (SSSR count). The molecule has 0 radical (unpaired) electrons. The highest BCUT2D eigenvalue weighted by molar-refractivity contribution is 5.87. The molecule has 0 aromatic carbocycles. The Morgan fingerprint density at radius 2 is 2.19 bits per heavy atom. The van der Waals surface area contributed by atoms with Crippen LogP contribution >= 0.6 is 0 Å². The maximum absolute atomic E-state index is 10.7. The number of pyridine rings is 1. The summed E-state index contributed by atoms with van der Waals surface area (Å²) in [5, 5.41) is 8.76. The van der Waals surface area contributed by atoms with Crippen molar-refractivity contribution >= 4 is 11.8 Å². The van der Waals surface area contributed by atoms with Crippen LogP contribution in [0.1, 0.15) is 31.1 Å². The molecule has 0 bridgehead atoms. The minimum atomic E-state index is -0.939. The third-order valence-electron chi connectivity index (χ3n) is 2.29. The predicted molar refractivity (Wildman–Crippen MR) is 63.9 cm³/mol. The summed E-state index contributed by atoms with van der Waals surface area (Å²) in [5.74, 6) is 0.452. The molecule has 0 aliphatic rings. The molecule has 0 saturated heterocycles. The number of anilines is 1. The molecule has 4 heteroatoms. The molecule has 0 atom stereocenters. The normalized spacial score (nSPS) is 10.5. The van der Waals surface area contributed by atoms with Gasteiger partial charge >= 0.3 is 5.97 Å². The second kappa shape index (κ2) is 5.49. The fourth-order valence-corrected chi connectivity index (χ4v) is 1.53. The number of carboxylic acid groups (broad SMARTS) is 1. The van der Waals surface area contributed by atoms with Crippen LogP contribution in [0.25, 0.3) is 0 Å². The van der Waals surface area contributed by atoms with E-state index in [4.69, 9.17) is 5.11 Å². The third-order valence-corrected chi connectivity index (χ3v) is 2.29. The summed E-state index contributed by atoms with van der Waals surface area (Å²) in [7, 11) is 0. The van der Waals surface area contributed by atoms with E-state index < -0.39 is 5.97 Å². The average molecular weight is 222 g/mol. The molecule has 4 nitrogen and oxygen atoms in total. The molecule has 16 heavy (non-hydrogen) atoms. The first-order valence-corrected chi connectivity index (χ1v) is 5.49. The van der Waals surface area contributed by atoms with E-state index in [2.05, 4.69) is 30.7 Å². The highest BCUT2D eigenvalue weighted by atomic mass is 16.4. The van der Waals surface area contributed by atoms with Gasteiger partial charge < -0.3 is 10.0 Å². The molecule has 1 aromatic heterocycles. The fourth-order valence-electron chi connectivity index (χ4n) is 1.53. The minimum Gasteiger partial charge on any atom is -0.478 e. The standard InChI is InChI=1S/C12H18N2O2/c1-4-14(8-9(2)3)11-6-5-10(7-13-11)12(15)16/h5-7,9H,4,8H2,1-3H3,(H,15,16). The Labute approximate surface area is 95.9 Å². The molecule has 88 valence electrons. The number of carboxylic acids is 1. The number of aromatic carboxylic acids is 1. The van der Waals surface area contributed by atoms with Crippen molar-refractivity contribution in [3.63, 3.8) is 0 Å². The Morgan fingerprint density at radius 3 is 2.56 bits per heavy atom. The molecule has 1 heterocycles. The van der Waals surface area contributed by atoms with Crippen molar-refractivity contribution in [1.29, 1.82) is 0 Å². The molecule has 0 aliphatic carbocycles. The lowest BCUT2D eigenvalue weighted by atomic mass is 10.2. The van der Waals surface area contributed by atoms with Gasteiger partial charge in [-0.15, -0.1) is 0 Å². The van der Waals surface area contributed by atoms with Gasteiger partial charge in [0.05, 0.1) is 5.56 Å². The van der Waals surface area contributed by atoms with Gasteiger partial charge in [-0.3, -0.25) is 0 Å². The van der Waals surface area contributed by atoms with E-state index in [-0.39, 0.29) is 5.56 Å². The first-order valence-electron chi connectivity index (χ1n) is 5.49. The summed E-state index contributed by atoms with van der Waals surface area (Å²) in [6.07, 6.45) is 1.40. The maximum atomic E-state index is 10.7. The van der Waals surface area contributed by atoms with Crippen molar-refractivity contribution < 1.29 is 9.90 Å². The molecule has 1 aromatic rings. The van der Waals surface area contributed by atoms with Gasteiger partial charge in [0.2, 0.25) is 0 Å². The molecule has 0 unspecified atom stereocenters. The van der Waals surface area contributed by atoms with E-state index >= 15 is 0 Å². The van der Waals surface area contributed by atoms with Crippen LogP contribution in [-0.2, 0) is 0 Å². The molecule has 0 saturated carbocycles. The van der Waals surface area contributed by atoms with Crippen molar-refractivity contribution in [1.82, 2.24) is 4.98 Å². The van der Waals surface area contributed by atoms with Gasteiger partial charge in [0.15, 0.2) is 0 Å². The zero-order valence-electron chi connectivity index (χ0n) is 9.97. The summed E-state index contributed by atoms with van der Waals surface area (Å²) in [6.45, 7) is 8.16. The van der Waals surface area contributed by atoms with Crippen LogP contribution in [0.2, 0.25) is 0 Å². The summed E-state index contributed by atoms with van der Waals surface area (Å²) in [6, 6.07) is 3.35. The predicted octanol–water partition coefficient (Wildman–Crippen LogP) is 2.26. The Balaban J connectivity index is 2.82. The van der Waals surface area contributed by atoms with Crippen LogP contribution in [-0.4, -0.2) is 29.1 Å². The third kappa shape index (κ3) is 3.22. The first-order chi connectivity index (χ1) is 7.54. The highest BCUT2D eigenvalue weighted by Gasteiger charge is 2.09. The van der Waals surface area contributed by atoms with Crippen LogP contribution in [0.15, 0.2) is 18.3 Å². The molecule has 0 amide bonds. The number of carbonyl (C=O) groups is 1. The van der Waals surface area contributed by atoms with E-state index in [1.54, 1.807) is 12.1 Å². The lowest BCUT2D eigenvalue weighted by Crippen LogP contribution is -2.28. The van der Waals surface area contributed by atoms with Gasteiger partial charge in [-0.25, -0.2) is 9.78 Å². The van der Waals surface area contributed by atoms with Crippen molar-refractivity contribution in [3.8, 4) is 0 Å². The molecular formula is C12H18N2O2. The molecule has 0 aliphatic heterocycles. The molecule has 0 fully saturated rings. The summed E-state index contributed by atoms with van der Waals surface area (Å²) in [4.78, 5) is 17.0. The number of rotatable bonds is 5. The Hall–Kier alpha value is -1.58. The molecular weight excluding hydrogens is 204 g/mol. The van der Waals surface area contributed by atoms with Crippen molar-refractivity contribution in [2.45, 2.75) is 20.8 Å². The average Bonchev–Trinajstić information content (AvgIpc) is 2.25. The van der Waals surface area contributed by atoms with Gasteiger partial charge in [0.25, 0.3) is 0 Å². The maximum Gasteiger partial charge on any atom is 0.337 e. The van der Waals surface area contributed by atoms with Crippen molar-refractivity contribution in [2.75, 3.05) is 18.0 Å². The van der Waals surface area contributed by atoms with Crippen molar-refractivity contribution in [3.05, 3.63) is 23.9 Å². The van der Waals surface area contributed by atoms with Gasteiger partial charge in [0.1, 0.15) is 5.82 Å². The van der Waals surface area contributed by atoms with Gasteiger partial charge in [-0.1, -0.05) is 13.8 Å². The van der Waals surface area contributed by atoms with Crippen LogP contribution in [0.3, 0.4) is 0 Å². The quantitative estimate of drug-likeness (QED) is 0.830. The Bertz CT molecular complexity index is 347. The number of hydrogen-bond donors (Lipinski definition) is 1. The largest absolute Gasteiger partial charge is 0.478 e. The van der Waals surface area contributed by atoms with E-state index in [0.29, 0.717) is 5.92 Å². The summed E-state index contributed by atoms with van der Waals surface area (Å²) < 4.78 is 0. The smallest absolute Gasteiger partial charge is 0.337 e. The summed E-state index contributed by atoms with van der Waals surface area (Å²) >= 11 is 0. The zero-order valence-corrected chi connectivity index (χ0v) is 9.97. The molecule has 0 spiro atoms. The SMILES string of the molecule is CCN(CC(C)C)c1ccc(C(=O)O)cn1. The van der Waals surface area contributed by atoms with Gasteiger partial charge in [-0.05, 0) is 25.0 Å². The van der Waals surface area contributed by atoms with E-state index in [9.17, 15) is 4.79 Å². The van der Waals surface area contributed by atoms with E-state index in [1.165, 1.54) is 6.20 Å². The van der Waals surface area contributed by atoms with Crippen LogP contribution in [0.5, 0.6) is 0 Å². The topological polar surface area (TPSA) is 53.4 Å². The summed E-state index contributed by atoms with van der Waals surface area (Å²) in [5.41, 5.74) is 0.226. The van der Waals surface area contributed by atoms with E-state index in [1.807, 2.05) is 0 Å². The molecule has 1 N–H and O–H groups in total. The Morgan fingerprint density at radius 1 is 1.50 bits per heavy atom. The van der Waals surface area contributed by atoms with Crippen LogP contribution in [0, 0.1) is 5.92 Å². The van der Waals surface area contributed by atoms with E-state index in [0.717, 1.165) is 18.9 Å². The van der Waals surface area contributed by atoms with Crippen LogP contribution in [0.4, 0.5) is 5.82 Å². The first kappa shape index (κ1) is 12.5. The number of nitrogens with zero attached hydrogens (tertiary/aromatic N) is 2. The van der Waals surface area contributed by atoms with Crippen molar-refractivity contribution in [2.24, 2.45) is 5.92 Å². The highest BCUT2D eigenvalue weighted by Crippen LogP contribution is 2.13. The van der Waals surface area contributed by atoms with Gasteiger partial charge in [0, 0.05) is 19.3 Å². The zero-order chi connectivity index (χ0) is 12.1. The number of aromatic nitrogens is 1. The second-order valence-corrected chi connectivity index (χ2v) is 4.14. The van der Waals surface area contributed by atoms with Crippen LogP contribution < -0.4 is 4.90 Å². The van der Waals surface area contributed by atoms with Gasteiger partial charge in [-0.2, -0.15) is 0 Å². The fraction of sp³-hybridized carbons (Fsp3) is 0.500. The monoisotopic (exact) mass is 222 g/mol. The lowest BCUT2D eigenvalue weighted by Gasteiger charge is -2.23. The lowest BCUT2D eigenvalue weighted by molar-refractivity contribution is 0.0696. The second-order valence-electron chi connectivity index (χ2n) is 4.14. The number of hydrogen-bond acceptors (Lipinski definition) is 3. The Kier molecular flexibility index (Phi) is 4.28. The minimum absolute atomic E-state index is 0.226.